The molecule has 1 saturated heterocycles. The number of nitrogens with zero attached hydrogens (tertiary/aromatic N) is 7. The van der Waals surface area contributed by atoms with Crippen LogP contribution in [-0.2, 0) is 68.5 Å². The lowest BCUT2D eigenvalue weighted by molar-refractivity contribution is -0.140. The molecular weight excluding hydrogens is 1120 g/mol. The smallest absolute Gasteiger partial charge is 0.326 e. The van der Waals surface area contributed by atoms with Gasteiger partial charge in [-0.25, -0.2) is 14.8 Å². The fraction of sp³-hybridized carbons (Fsp3) is 0.615. The number of carbonyl (C=O) groups is 8. The van der Waals surface area contributed by atoms with Crippen molar-refractivity contribution in [2.75, 3.05) is 189 Å². The quantitative estimate of drug-likeness (QED) is 0.0243. The number of carboxylic acid groups (broad SMARTS) is 4. The van der Waals surface area contributed by atoms with Crippen LogP contribution in [0, 0.1) is 0 Å². The molecule has 1 atom stereocenters. The number of rotatable bonds is 41. The Morgan fingerprint density at radius 1 is 0.553 bits per heavy atom. The monoisotopic (exact) mass is 1200 g/mol. The topological polar surface area (TPSA) is 444 Å². The van der Waals surface area contributed by atoms with E-state index in [1.165, 1.54) is 18.3 Å². The first-order valence-electron chi connectivity index (χ1n) is 27.6. The van der Waals surface area contributed by atoms with Crippen LogP contribution >= 0.6 is 0 Å². The fourth-order valence-corrected chi connectivity index (χ4v) is 8.02. The zero-order valence-corrected chi connectivity index (χ0v) is 47.5. The number of carboxylic acids is 4. The largest absolute Gasteiger partial charge is 0.480 e. The highest BCUT2D eigenvalue weighted by Crippen LogP contribution is 2.13. The van der Waals surface area contributed by atoms with E-state index in [1.807, 2.05) is 0 Å². The van der Waals surface area contributed by atoms with Crippen molar-refractivity contribution in [1.82, 2.24) is 60.8 Å². The molecule has 85 heavy (non-hydrogen) atoms. The molecule has 0 unspecified atom stereocenters. The van der Waals surface area contributed by atoms with Gasteiger partial charge in [0.05, 0.1) is 124 Å². The number of aromatic nitrogens is 4. The van der Waals surface area contributed by atoms with Gasteiger partial charge in [-0.2, -0.15) is 4.98 Å². The number of nitrogens with two attached hydrogens (primary N) is 1. The maximum Gasteiger partial charge on any atom is 0.326 e. The Morgan fingerprint density at radius 2 is 0.988 bits per heavy atom. The number of benzene rings is 1. The van der Waals surface area contributed by atoms with Crippen molar-refractivity contribution in [3.8, 4) is 0 Å². The second-order valence-electron chi connectivity index (χ2n) is 19.1. The highest BCUT2D eigenvalue weighted by atomic mass is 16.6. The number of aliphatic carboxylic acids is 4. The number of H-pyrrole nitrogens is 1. The second-order valence-corrected chi connectivity index (χ2v) is 19.1. The molecule has 1 aliphatic rings. The Balaban J connectivity index is 0.908. The summed E-state index contributed by atoms with van der Waals surface area (Å²) in [6.07, 6.45) is 1.26. The van der Waals surface area contributed by atoms with E-state index in [-0.39, 0.29) is 172 Å². The maximum atomic E-state index is 12.9. The maximum absolute atomic E-state index is 12.9. The molecular formula is C52H80N14O19. The molecule has 0 saturated carbocycles. The second kappa shape index (κ2) is 40.6. The minimum atomic E-state index is -1.31. The number of hydrogen-bond acceptors (Lipinski definition) is 24. The van der Waals surface area contributed by atoms with Crippen LogP contribution in [0.1, 0.15) is 35.3 Å². The van der Waals surface area contributed by atoms with Crippen molar-refractivity contribution >= 4 is 70.3 Å². The Bertz CT molecular complexity index is 2590. The Labute approximate surface area is 489 Å². The molecule has 1 fully saturated rings. The minimum absolute atomic E-state index is 0.0385. The molecule has 3 aromatic rings. The van der Waals surface area contributed by atoms with Gasteiger partial charge in [0, 0.05) is 96.1 Å². The first-order chi connectivity index (χ1) is 40.9. The molecule has 0 spiro atoms. The minimum Gasteiger partial charge on any atom is -0.480 e. The lowest BCUT2D eigenvalue weighted by Gasteiger charge is -2.32. The number of anilines is 2. The molecule has 0 radical (unpaired) electrons. The third kappa shape index (κ3) is 31.2. The summed E-state index contributed by atoms with van der Waals surface area (Å²) in [5, 5.41) is 51.5. The number of hydrogen-bond donors (Lipinski definition) is 11. The normalized spacial score (nSPS) is 14.4. The number of nitrogens with one attached hydrogen (secondary N) is 6. The first-order valence-corrected chi connectivity index (χ1v) is 27.6. The molecule has 472 valence electrons. The summed E-state index contributed by atoms with van der Waals surface area (Å²) in [6, 6.07) is 4.93. The zero-order valence-electron chi connectivity index (χ0n) is 47.5. The van der Waals surface area contributed by atoms with E-state index in [4.69, 9.17) is 34.2 Å². The van der Waals surface area contributed by atoms with Gasteiger partial charge >= 0.3 is 23.9 Å². The van der Waals surface area contributed by atoms with Gasteiger partial charge in [-0.05, 0) is 30.7 Å². The molecule has 1 aromatic carbocycles. The van der Waals surface area contributed by atoms with Crippen molar-refractivity contribution < 1.29 is 87.2 Å². The van der Waals surface area contributed by atoms with Crippen LogP contribution in [0.15, 0.2) is 35.3 Å². The van der Waals surface area contributed by atoms with Crippen molar-refractivity contribution in [3.63, 3.8) is 0 Å². The van der Waals surface area contributed by atoms with Gasteiger partial charge in [-0.1, -0.05) is 0 Å². The number of amides is 4. The standard InChI is InChI=1S/C52H80N14O19/c53-52-61-48-47(50(77)62-52)59-39(32-58-48)31-57-38-3-1-37(2-4-38)49(76)60-40(51(78)79)5-6-41(67)56-10-20-81-22-24-83-26-28-85-30-29-84-27-25-82-23-21-80-19-7-42(68)54-8-9-55-43(69)33-63-11-13-64(34-44(70)71)15-17-66(36-46(74)75)18-16-65(14-12-63)35-45(72)73/h1-4,32,40,57H,5-31,33-36H2,(H,54,68)(H,55,69)(H,56,67)(H,60,76)(H,70,71)(H,72,73)(H,74,75)(H,78,79)(H3,53,58,61,62,77)/t40-/m0/s1. The van der Waals surface area contributed by atoms with Crippen LogP contribution in [0.25, 0.3) is 11.2 Å². The average molecular weight is 1210 g/mol. The first kappa shape index (κ1) is 69.9. The van der Waals surface area contributed by atoms with E-state index in [2.05, 4.69) is 46.5 Å². The van der Waals surface area contributed by atoms with Crippen molar-refractivity contribution in [2.45, 2.75) is 31.8 Å². The van der Waals surface area contributed by atoms with Crippen LogP contribution in [0.2, 0.25) is 0 Å². The molecule has 1 aliphatic heterocycles. The van der Waals surface area contributed by atoms with Crippen molar-refractivity contribution in [1.29, 1.82) is 0 Å². The van der Waals surface area contributed by atoms with E-state index < -0.39 is 47.3 Å². The van der Waals surface area contributed by atoms with E-state index in [9.17, 15) is 63.6 Å². The summed E-state index contributed by atoms with van der Waals surface area (Å²) < 4.78 is 32.9. The summed E-state index contributed by atoms with van der Waals surface area (Å²) in [6.45, 7) is 5.66. The van der Waals surface area contributed by atoms with Gasteiger partial charge in [-0.3, -0.25) is 62.9 Å². The summed E-state index contributed by atoms with van der Waals surface area (Å²) >= 11 is 0. The number of nitrogen functional groups attached to an aromatic ring is 1. The summed E-state index contributed by atoms with van der Waals surface area (Å²) in [4.78, 5) is 130. The molecule has 3 heterocycles. The number of fused-ring (bicyclic) bond motifs is 1. The lowest BCUT2D eigenvalue weighted by Crippen LogP contribution is -2.50. The fourth-order valence-electron chi connectivity index (χ4n) is 8.02. The number of ether oxygens (including phenoxy) is 6. The summed E-state index contributed by atoms with van der Waals surface area (Å²) in [7, 11) is 0. The van der Waals surface area contributed by atoms with Crippen LogP contribution in [0.4, 0.5) is 11.6 Å². The van der Waals surface area contributed by atoms with E-state index in [0.29, 0.717) is 77.3 Å². The summed E-state index contributed by atoms with van der Waals surface area (Å²) in [5.41, 5.74) is 6.45. The van der Waals surface area contributed by atoms with Gasteiger partial charge in [0.25, 0.3) is 11.5 Å². The van der Waals surface area contributed by atoms with Crippen LogP contribution in [-0.4, -0.2) is 291 Å². The van der Waals surface area contributed by atoms with Gasteiger partial charge in [-0.15, -0.1) is 0 Å². The molecule has 33 heteroatoms. The third-order valence-electron chi connectivity index (χ3n) is 12.4. The van der Waals surface area contributed by atoms with Crippen molar-refractivity contribution in [2.24, 2.45) is 0 Å². The highest BCUT2D eigenvalue weighted by molar-refractivity contribution is 5.97. The Hall–Kier alpha value is -7.60. The molecule has 12 N–H and O–H groups in total. The number of aromatic amines is 1. The molecule has 2 aromatic heterocycles. The van der Waals surface area contributed by atoms with Crippen molar-refractivity contribution in [3.05, 3.63) is 52.1 Å². The molecule has 0 aliphatic carbocycles. The predicted octanol–water partition coefficient (Wildman–Crippen LogP) is -3.82. The molecule has 4 amide bonds. The van der Waals surface area contributed by atoms with E-state index in [1.54, 1.807) is 31.7 Å². The van der Waals surface area contributed by atoms with E-state index >= 15 is 0 Å². The van der Waals surface area contributed by atoms with Gasteiger partial charge in [0.1, 0.15) is 6.04 Å². The highest BCUT2D eigenvalue weighted by Gasteiger charge is 2.24. The zero-order chi connectivity index (χ0) is 61.6. The lowest BCUT2D eigenvalue weighted by atomic mass is 10.1. The molecule has 33 nitrogen and oxygen atoms in total. The Morgan fingerprint density at radius 3 is 1.47 bits per heavy atom. The van der Waals surface area contributed by atoms with E-state index in [0.717, 1.165) is 0 Å². The van der Waals surface area contributed by atoms with Gasteiger partial charge in [0.15, 0.2) is 11.2 Å². The SMILES string of the molecule is Nc1nc2ncc(CNc3ccc(C(=O)N[C@@H](CCC(=O)NCCOCCOCCOCCOCCOCCOCCC(=O)NCCNC(=O)CN4CCN(CC(=O)O)CCN(CC(=O)O)CCN(CC(=O)O)CC4)C(=O)O)cc3)nc2c(=O)[nH]1. The van der Waals surface area contributed by atoms with Gasteiger partial charge in [0.2, 0.25) is 23.7 Å². The molecule has 0 bridgehead atoms. The van der Waals surface area contributed by atoms with Crippen LogP contribution in [0.3, 0.4) is 0 Å². The van der Waals surface area contributed by atoms with Crippen LogP contribution in [0.5, 0.6) is 0 Å². The third-order valence-corrected chi connectivity index (χ3v) is 12.4. The van der Waals surface area contributed by atoms with Gasteiger partial charge < -0.3 is 81.2 Å². The molecule has 4 rings (SSSR count). The average Bonchev–Trinajstić information content (AvgIpc) is 3.64. The van der Waals surface area contributed by atoms with Crippen LogP contribution < -0.4 is 37.9 Å². The Kier molecular flexibility index (Phi) is 33.4. The number of carbonyl (C=O) groups excluding carboxylic acids is 4. The summed E-state index contributed by atoms with van der Waals surface area (Å²) in [5.74, 6) is -6.13. The predicted molar refractivity (Wildman–Crippen MR) is 301 cm³/mol.